The van der Waals surface area contributed by atoms with Crippen LogP contribution in [0.2, 0.25) is 0 Å². The number of esters is 1. The second kappa shape index (κ2) is 5.13. The van der Waals surface area contributed by atoms with Gasteiger partial charge in [0.15, 0.2) is 0 Å². The van der Waals surface area contributed by atoms with Gasteiger partial charge in [-0.25, -0.2) is 4.79 Å². The first-order valence-corrected chi connectivity index (χ1v) is 3.39. The van der Waals surface area contributed by atoms with Crippen molar-refractivity contribution in [2.75, 3.05) is 7.11 Å². The highest BCUT2D eigenvalue weighted by atomic mass is 16.5. The highest BCUT2D eigenvalue weighted by Gasteiger charge is 2.06. The number of methoxy groups -OCH3 is 1. The molecule has 0 aromatic carbocycles. The fraction of sp³-hybridized carbons (Fsp3) is 0.100. The average molecular weight is 164 g/mol. The molecule has 0 unspecified atom stereocenters. The SMILES string of the molecule is C=C/C=C\C(=C)C(=C)C(=O)OC. The first-order chi connectivity index (χ1) is 5.63. The van der Waals surface area contributed by atoms with E-state index in [2.05, 4.69) is 24.5 Å². The van der Waals surface area contributed by atoms with Gasteiger partial charge in [0, 0.05) is 0 Å². The van der Waals surface area contributed by atoms with E-state index in [1.165, 1.54) is 7.11 Å². The quantitative estimate of drug-likeness (QED) is 0.361. The van der Waals surface area contributed by atoms with Crippen molar-refractivity contribution in [1.82, 2.24) is 0 Å². The number of rotatable bonds is 4. The fourth-order valence-corrected chi connectivity index (χ4v) is 0.539. The zero-order valence-corrected chi connectivity index (χ0v) is 7.17. The summed E-state index contributed by atoms with van der Waals surface area (Å²) in [5, 5.41) is 0. The molecule has 0 aromatic rings. The van der Waals surface area contributed by atoms with Crippen LogP contribution in [-0.2, 0) is 9.53 Å². The van der Waals surface area contributed by atoms with Gasteiger partial charge in [-0.05, 0) is 5.57 Å². The molecule has 0 amide bonds. The van der Waals surface area contributed by atoms with E-state index in [4.69, 9.17) is 0 Å². The molecule has 0 radical (unpaired) electrons. The Morgan fingerprint density at radius 1 is 1.42 bits per heavy atom. The standard InChI is InChI=1S/C10H12O2/c1-5-6-7-8(2)9(3)10(11)12-4/h5-7H,1-3H2,4H3/b7-6-. The molecule has 0 atom stereocenters. The second-order valence-corrected chi connectivity index (χ2v) is 2.09. The highest BCUT2D eigenvalue weighted by molar-refractivity contribution is 5.93. The summed E-state index contributed by atoms with van der Waals surface area (Å²) in [4.78, 5) is 10.9. The predicted octanol–water partition coefficient (Wildman–Crippen LogP) is 2.01. The van der Waals surface area contributed by atoms with Crippen LogP contribution < -0.4 is 0 Å². The Labute approximate surface area is 72.5 Å². The molecule has 0 heterocycles. The van der Waals surface area contributed by atoms with Gasteiger partial charge < -0.3 is 4.74 Å². The Balaban J connectivity index is 4.30. The molecular weight excluding hydrogens is 152 g/mol. The normalized spacial score (nSPS) is 9.42. The molecule has 0 aliphatic heterocycles. The Kier molecular flexibility index (Phi) is 4.46. The predicted molar refractivity (Wildman–Crippen MR) is 49.6 cm³/mol. The molecule has 0 fully saturated rings. The molecule has 64 valence electrons. The van der Waals surface area contributed by atoms with E-state index in [1.807, 2.05) is 0 Å². The average Bonchev–Trinajstić information content (AvgIpc) is 2.11. The molecule has 0 aliphatic carbocycles. The smallest absolute Gasteiger partial charge is 0.337 e. The van der Waals surface area contributed by atoms with Crippen LogP contribution >= 0.6 is 0 Å². The van der Waals surface area contributed by atoms with Crippen molar-refractivity contribution in [2.45, 2.75) is 0 Å². The van der Waals surface area contributed by atoms with Crippen LogP contribution in [0.25, 0.3) is 0 Å². The third kappa shape index (κ3) is 3.01. The summed E-state index contributed by atoms with van der Waals surface area (Å²) in [6.07, 6.45) is 4.92. The summed E-state index contributed by atoms with van der Waals surface area (Å²) < 4.78 is 4.45. The van der Waals surface area contributed by atoms with Gasteiger partial charge in [-0.15, -0.1) is 0 Å². The Morgan fingerprint density at radius 2 is 2.00 bits per heavy atom. The van der Waals surface area contributed by atoms with E-state index in [1.54, 1.807) is 18.2 Å². The van der Waals surface area contributed by atoms with E-state index in [0.29, 0.717) is 5.57 Å². The van der Waals surface area contributed by atoms with E-state index < -0.39 is 5.97 Å². The molecule has 0 N–H and O–H groups in total. The van der Waals surface area contributed by atoms with Crippen molar-refractivity contribution in [3.63, 3.8) is 0 Å². The molecule has 0 bridgehead atoms. The van der Waals surface area contributed by atoms with Crippen LogP contribution in [0.15, 0.2) is 49.1 Å². The molecule has 2 heteroatoms. The first kappa shape index (κ1) is 10.4. The number of hydrogen-bond donors (Lipinski definition) is 0. The van der Waals surface area contributed by atoms with Gasteiger partial charge in [0.2, 0.25) is 0 Å². The highest BCUT2D eigenvalue weighted by Crippen LogP contribution is 2.07. The zero-order valence-electron chi connectivity index (χ0n) is 7.17. The maximum atomic E-state index is 10.9. The summed E-state index contributed by atoms with van der Waals surface area (Å²) in [6, 6.07) is 0. The molecular formula is C10H12O2. The maximum Gasteiger partial charge on any atom is 0.337 e. The van der Waals surface area contributed by atoms with Gasteiger partial charge in [-0.3, -0.25) is 0 Å². The van der Waals surface area contributed by atoms with E-state index in [-0.39, 0.29) is 5.57 Å². The zero-order chi connectivity index (χ0) is 9.56. The van der Waals surface area contributed by atoms with Crippen LogP contribution in [0.4, 0.5) is 0 Å². The summed E-state index contributed by atoms with van der Waals surface area (Å²) >= 11 is 0. The van der Waals surface area contributed by atoms with Crippen LogP contribution in [0, 0.1) is 0 Å². The van der Waals surface area contributed by atoms with Crippen LogP contribution in [-0.4, -0.2) is 13.1 Å². The lowest BCUT2D eigenvalue weighted by molar-refractivity contribution is -0.135. The number of allylic oxidation sites excluding steroid dienone is 3. The van der Waals surface area contributed by atoms with Gasteiger partial charge in [0.1, 0.15) is 0 Å². The number of carbonyl (C=O) groups is 1. The van der Waals surface area contributed by atoms with E-state index >= 15 is 0 Å². The number of hydrogen-bond acceptors (Lipinski definition) is 2. The summed E-state index contributed by atoms with van der Waals surface area (Å²) in [5.74, 6) is -0.464. The molecule has 0 rings (SSSR count). The summed E-state index contributed by atoms with van der Waals surface area (Å²) in [6.45, 7) is 10.6. The fourth-order valence-electron chi connectivity index (χ4n) is 0.539. The van der Waals surface area contributed by atoms with Crippen molar-refractivity contribution in [1.29, 1.82) is 0 Å². The number of ether oxygens (including phenoxy) is 1. The molecule has 2 nitrogen and oxygen atoms in total. The lowest BCUT2D eigenvalue weighted by Crippen LogP contribution is -2.04. The van der Waals surface area contributed by atoms with Gasteiger partial charge in [-0.1, -0.05) is 38.0 Å². The Bertz CT molecular complexity index is 247. The lowest BCUT2D eigenvalue weighted by Gasteiger charge is -2.01. The van der Waals surface area contributed by atoms with Crippen LogP contribution in [0.3, 0.4) is 0 Å². The van der Waals surface area contributed by atoms with Gasteiger partial charge >= 0.3 is 5.97 Å². The monoisotopic (exact) mass is 164 g/mol. The van der Waals surface area contributed by atoms with Crippen molar-refractivity contribution in [3.05, 3.63) is 49.1 Å². The molecule has 0 saturated heterocycles. The van der Waals surface area contributed by atoms with Crippen molar-refractivity contribution in [3.8, 4) is 0 Å². The molecule has 0 aromatic heterocycles. The van der Waals surface area contributed by atoms with Crippen LogP contribution in [0.5, 0.6) is 0 Å². The molecule has 0 spiro atoms. The Morgan fingerprint density at radius 3 is 2.42 bits per heavy atom. The van der Waals surface area contributed by atoms with Crippen molar-refractivity contribution >= 4 is 5.97 Å². The summed E-state index contributed by atoms with van der Waals surface area (Å²) in [5.41, 5.74) is 0.789. The van der Waals surface area contributed by atoms with Crippen molar-refractivity contribution < 1.29 is 9.53 Å². The van der Waals surface area contributed by atoms with Gasteiger partial charge in [0.25, 0.3) is 0 Å². The second-order valence-electron chi connectivity index (χ2n) is 2.09. The summed E-state index contributed by atoms with van der Waals surface area (Å²) in [7, 11) is 1.30. The Hall–Kier alpha value is -1.57. The van der Waals surface area contributed by atoms with Gasteiger partial charge in [0.05, 0.1) is 12.7 Å². The third-order valence-electron chi connectivity index (χ3n) is 1.25. The lowest BCUT2D eigenvalue weighted by atomic mass is 10.1. The largest absolute Gasteiger partial charge is 0.465 e. The molecule has 0 aliphatic rings. The van der Waals surface area contributed by atoms with Crippen LogP contribution in [0.1, 0.15) is 0 Å². The van der Waals surface area contributed by atoms with Gasteiger partial charge in [-0.2, -0.15) is 0 Å². The topological polar surface area (TPSA) is 26.3 Å². The minimum Gasteiger partial charge on any atom is -0.465 e. The molecule has 12 heavy (non-hydrogen) atoms. The number of carbonyl (C=O) groups excluding carboxylic acids is 1. The van der Waals surface area contributed by atoms with E-state index in [9.17, 15) is 4.79 Å². The minimum absolute atomic E-state index is 0.260. The first-order valence-electron chi connectivity index (χ1n) is 3.39. The van der Waals surface area contributed by atoms with E-state index in [0.717, 1.165) is 0 Å². The third-order valence-corrected chi connectivity index (χ3v) is 1.25. The van der Waals surface area contributed by atoms with Crippen molar-refractivity contribution in [2.24, 2.45) is 0 Å². The molecule has 0 saturated carbocycles. The maximum absolute atomic E-state index is 10.9. The minimum atomic E-state index is -0.464.